The zero-order chi connectivity index (χ0) is 25.5. The van der Waals surface area contributed by atoms with E-state index in [0.717, 1.165) is 5.56 Å². The molecule has 1 aliphatic heterocycles. The van der Waals surface area contributed by atoms with Crippen molar-refractivity contribution in [2.24, 2.45) is 0 Å². The molecule has 2 aromatic heterocycles. The Morgan fingerprint density at radius 1 is 1.09 bits per heavy atom. The maximum Gasteiger partial charge on any atom is 0.274 e. The summed E-state index contributed by atoms with van der Waals surface area (Å²) in [6.45, 7) is 6.13. The Bertz CT molecular complexity index is 1210. The molecule has 3 heterocycles. The van der Waals surface area contributed by atoms with E-state index in [2.05, 4.69) is 19.7 Å². The van der Waals surface area contributed by atoms with Gasteiger partial charge in [-0.3, -0.25) is 9.59 Å². The first-order chi connectivity index (χ1) is 16.8. The minimum Gasteiger partial charge on any atom is -0.503 e. The van der Waals surface area contributed by atoms with Crippen LogP contribution in [-0.2, 0) is 22.4 Å². The molecule has 0 bridgehead atoms. The van der Waals surface area contributed by atoms with Gasteiger partial charge in [0.2, 0.25) is 5.43 Å². The minimum absolute atomic E-state index is 0.00903. The summed E-state index contributed by atoms with van der Waals surface area (Å²) in [7, 11) is 3.30. The van der Waals surface area contributed by atoms with Crippen LogP contribution in [0.3, 0.4) is 0 Å². The monoisotopic (exact) mass is 504 g/mol. The SMILES string of the molecule is CC(C)N1CCn2cc(-c3nnc(Cc4ccc(F)cc4)s3)c(=O)c(O)c2C1=O.COCCOC. The maximum atomic E-state index is 13.1. The van der Waals surface area contributed by atoms with Gasteiger partial charge in [0, 0.05) is 46.0 Å². The second kappa shape index (κ2) is 12.0. The molecule has 11 heteroatoms. The Morgan fingerprint density at radius 2 is 1.74 bits per heavy atom. The third-order valence-corrected chi connectivity index (χ3v) is 6.34. The number of fused-ring (bicyclic) bond motifs is 1. The summed E-state index contributed by atoms with van der Waals surface area (Å²) in [6.07, 6.45) is 2.02. The number of carbonyl (C=O) groups excluding carboxylic acids is 1. The number of aromatic hydroxyl groups is 1. The number of hydrogen-bond donors (Lipinski definition) is 1. The van der Waals surface area contributed by atoms with Gasteiger partial charge < -0.3 is 24.0 Å². The molecule has 1 amide bonds. The summed E-state index contributed by atoms with van der Waals surface area (Å²) < 4.78 is 24.0. The highest BCUT2D eigenvalue weighted by molar-refractivity contribution is 7.14. The van der Waals surface area contributed by atoms with Gasteiger partial charge in [0.05, 0.1) is 18.8 Å². The van der Waals surface area contributed by atoms with E-state index in [1.807, 2.05) is 13.8 Å². The van der Waals surface area contributed by atoms with Crippen LogP contribution >= 0.6 is 11.3 Å². The van der Waals surface area contributed by atoms with Crippen molar-refractivity contribution in [3.8, 4) is 16.3 Å². The van der Waals surface area contributed by atoms with E-state index < -0.39 is 11.2 Å². The summed E-state index contributed by atoms with van der Waals surface area (Å²) in [6, 6.07) is 6.07. The third-order valence-electron chi connectivity index (χ3n) is 5.38. The van der Waals surface area contributed by atoms with E-state index in [4.69, 9.17) is 0 Å². The Hall–Kier alpha value is -3.15. The molecule has 1 N–H and O–H groups in total. The van der Waals surface area contributed by atoms with Crippen molar-refractivity contribution >= 4 is 17.2 Å². The molecule has 1 aromatic carbocycles. The predicted octanol–water partition coefficient (Wildman–Crippen LogP) is 2.95. The van der Waals surface area contributed by atoms with Crippen LogP contribution in [0.15, 0.2) is 35.3 Å². The lowest BCUT2D eigenvalue weighted by Crippen LogP contribution is -2.45. The fraction of sp³-hybridized carbons (Fsp3) is 0.417. The first-order valence-electron chi connectivity index (χ1n) is 11.1. The van der Waals surface area contributed by atoms with Crippen molar-refractivity contribution in [1.82, 2.24) is 19.7 Å². The summed E-state index contributed by atoms with van der Waals surface area (Å²) in [5.41, 5.74) is 0.452. The van der Waals surface area contributed by atoms with Crippen molar-refractivity contribution in [3.05, 3.63) is 62.8 Å². The van der Waals surface area contributed by atoms with E-state index in [1.54, 1.807) is 42.0 Å². The van der Waals surface area contributed by atoms with Gasteiger partial charge >= 0.3 is 0 Å². The van der Waals surface area contributed by atoms with Crippen molar-refractivity contribution in [2.45, 2.75) is 32.9 Å². The fourth-order valence-corrected chi connectivity index (χ4v) is 4.41. The fourth-order valence-electron chi connectivity index (χ4n) is 3.53. The first kappa shape index (κ1) is 26.5. The summed E-state index contributed by atoms with van der Waals surface area (Å²) in [4.78, 5) is 27.0. The van der Waals surface area contributed by atoms with Gasteiger partial charge in [0.25, 0.3) is 5.91 Å². The van der Waals surface area contributed by atoms with Crippen LogP contribution in [0, 0.1) is 5.82 Å². The van der Waals surface area contributed by atoms with E-state index in [0.29, 0.717) is 42.7 Å². The second-order valence-electron chi connectivity index (χ2n) is 8.14. The van der Waals surface area contributed by atoms with Crippen LogP contribution in [0.4, 0.5) is 4.39 Å². The number of nitrogens with zero attached hydrogens (tertiary/aromatic N) is 4. The van der Waals surface area contributed by atoms with Crippen LogP contribution in [0.1, 0.15) is 34.9 Å². The van der Waals surface area contributed by atoms with Crippen molar-refractivity contribution in [1.29, 1.82) is 0 Å². The molecule has 1 aliphatic rings. The molecule has 0 atom stereocenters. The molecule has 3 aromatic rings. The zero-order valence-electron chi connectivity index (χ0n) is 20.2. The van der Waals surface area contributed by atoms with Crippen LogP contribution in [0.2, 0.25) is 0 Å². The minimum atomic E-state index is -0.639. The molecule has 0 aliphatic carbocycles. The lowest BCUT2D eigenvalue weighted by molar-refractivity contribution is 0.0642. The predicted molar refractivity (Wildman–Crippen MR) is 130 cm³/mol. The van der Waals surface area contributed by atoms with E-state index in [-0.39, 0.29) is 29.0 Å². The number of methoxy groups -OCH3 is 2. The summed E-state index contributed by atoms with van der Waals surface area (Å²) in [5, 5.41) is 19.7. The Kier molecular flexibility index (Phi) is 9.07. The molecule has 0 radical (unpaired) electrons. The largest absolute Gasteiger partial charge is 0.503 e. The normalized spacial score (nSPS) is 13.0. The molecule has 9 nitrogen and oxygen atoms in total. The lowest BCUT2D eigenvalue weighted by atomic mass is 10.1. The molecule has 0 unspecified atom stereocenters. The number of rotatable bonds is 7. The molecule has 0 fully saturated rings. The van der Waals surface area contributed by atoms with Gasteiger partial charge in [-0.2, -0.15) is 0 Å². The smallest absolute Gasteiger partial charge is 0.274 e. The average Bonchev–Trinajstić information content (AvgIpc) is 3.29. The van der Waals surface area contributed by atoms with Gasteiger partial charge in [0.1, 0.15) is 10.8 Å². The van der Waals surface area contributed by atoms with Crippen molar-refractivity contribution in [3.63, 3.8) is 0 Å². The Balaban J connectivity index is 0.000000509. The van der Waals surface area contributed by atoms with E-state index >= 15 is 0 Å². The molecule has 0 spiro atoms. The van der Waals surface area contributed by atoms with Gasteiger partial charge in [-0.15, -0.1) is 10.2 Å². The van der Waals surface area contributed by atoms with Crippen molar-refractivity contribution < 1.29 is 23.8 Å². The maximum absolute atomic E-state index is 13.1. The van der Waals surface area contributed by atoms with Gasteiger partial charge in [-0.05, 0) is 31.5 Å². The quantitative estimate of drug-likeness (QED) is 0.493. The summed E-state index contributed by atoms with van der Waals surface area (Å²) in [5.74, 6) is -1.23. The standard InChI is InChI=1S/C20H19FN4O3S.C4H10O2/c1-11(2)25-8-7-24-10-14(17(26)18(27)16(24)20(25)28)19-23-22-15(29-19)9-12-3-5-13(21)6-4-12;1-5-3-4-6-2/h3-6,10-11,27H,7-9H2,1-2H3;3-4H2,1-2H3. The van der Waals surface area contributed by atoms with Crippen LogP contribution < -0.4 is 5.43 Å². The Labute approximate surface area is 206 Å². The van der Waals surface area contributed by atoms with Crippen LogP contribution in [-0.4, -0.2) is 70.7 Å². The number of carbonyl (C=O) groups is 1. The highest BCUT2D eigenvalue weighted by Crippen LogP contribution is 2.28. The molecular formula is C24H29FN4O5S. The molecular weight excluding hydrogens is 475 g/mol. The highest BCUT2D eigenvalue weighted by Gasteiger charge is 2.31. The third kappa shape index (κ3) is 6.30. The number of pyridine rings is 1. The van der Waals surface area contributed by atoms with Gasteiger partial charge in [0.15, 0.2) is 16.5 Å². The highest BCUT2D eigenvalue weighted by atomic mass is 32.1. The second-order valence-corrected chi connectivity index (χ2v) is 9.21. The first-order valence-corrected chi connectivity index (χ1v) is 11.9. The summed E-state index contributed by atoms with van der Waals surface area (Å²) >= 11 is 1.23. The number of hydrogen-bond acceptors (Lipinski definition) is 8. The van der Waals surface area contributed by atoms with E-state index in [9.17, 15) is 19.1 Å². The molecule has 0 saturated heterocycles. The number of halogens is 1. The number of benzene rings is 1. The molecule has 188 valence electrons. The Morgan fingerprint density at radius 3 is 2.34 bits per heavy atom. The van der Waals surface area contributed by atoms with Crippen molar-refractivity contribution in [2.75, 3.05) is 34.0 Å². The topological polar surface area (TPSA) is 107 Å². The number of aromatic nitrogens is 3. The number of amides is 1. The van der Waals surface area contributed by atoms with Gasteiger partial charge in [-0.1, -0.05) is 23.5 Å². The van der Waals surface area contributed by atoms with E-state index in [1.165, 1.54) is 23.5 Å². The lowest BCUT2D eigenvalue weighted by Gasteiger charge is -2.33. The van der Waals surface area contributed by atoms with Crippen LogP contribution in [0.25, 0.3) is 10.6 Å². The zero-order valence-corrected chi connectivity index (χ0v) is 21.0. The molecule has 0 saturated carbocycles. The molecule has 4 rings (SSSR count). The number of ether oxygens (including phenoxy) is 2. The van der Waals surface area contributed by atoms with Crippen LogP contribution in [0.5, 0.6) is 5.75 Å². The van der Waals surface area contributed by atoms with Gasteiger partial charge in [-0.25, -0.2) is 4.39 Å². The molecule has 35 heavy (non-hydrogen) atoms. The average molecular weight is 505 g/mol.